The van der Waals surface area contributed by atoms with Crippen molar-refractivity contribution in [2.24, 2.45) is 5.92 Å². The van der Waals surface area contributed by atoms with Crippen LogP contribution in [0.25, 0.3) is 0 Å². The maximum absolute atomic E-state index is 12.6. The van der Waals surface area contributed by atoms with Gasteiger partial charge in [0.1, 0.15) is 10.7 Å². The minimum atomic E-state index is 0.0577. The van der Waals surface area contributed by atoms with Crippen LogP contribution >= 0.6 is 11.3 Å². The number of nitrogen functional groups attached to an aromatic ring is 1. The maximum atomic E-state index is 12.6. The highest BCUT2D eigenvalue weighted by Gasteiger charge is 2.33. The molecule has 3 heterocycles. The van der Waals surface area contributed by atoms with Gasteiger partial charge in [-0.05, 0) is 32.1 Å². The summed E-state index contributed by atoms with van der Waals surface area (Å²) in [7, 11) is 0. The third-order valence-corrected chi connectivity index (χ3v) is 5.38. The molecule has 6 heteroatoms. The summed E-state index contributed by atoms with van der Waals surface area (Å²) in [5, 5.41) is 0.906. The number of nitrogens with two attached hydrogens (primary N) is 1. The van der Waals surface area contributed by atoms with Crippen LogP contribution in [0.4, 0.5) is 10.9 Å². The number of carbonyl (C=O) groups excluding carboxylic acids is 1. The molecule has 1 aromatic heterocycles. The molecule has 2 aliphatic heterocycles. The number of amides is 1. The number of likely N-dealkylation sites (tertiary alicyclic amines) is 1. The van der Waals surface area contributed by atoms with Crippen molar-refractivity contribution in [3.63, 3.8) is 0 Å². The quantitative estimate of drug-likeness (QED) is 0.908. The van der Waals surface area contributed by atoms with Crippen molar-refractivity contribution in [3.05, 3.63) is 4.88 Å². The average molecular weight is 294 g/mol. The van der Waals surface area contributed by atoms with E-state index in [1.807, 2.05) is 4.90 Å². The lowest BCUT2D eigenvalue weighted by molar-refractivity contribution is 0.0749. The van der Waals surface area contributed by atoms with E-state index in [2.05, 4.69) is 23.7 Å². The summed E-state index contributed by atoms with van der Waals surface area (Å²) >= 11 is 1.45. The Labute approximate surface area is 123 Å². The molecule has 0 saturated carbocycles. The number of aromatic nitrogens is 1. The van der Waals surface area contributed by atoms with Crippen LogP contribution in [0.1, 0.15) is 42.8 Å². The van der Waals surface area contributed by atoms with Crippen molar-refractivity contribution in [2.45, 2.75) is 39.2 Å². The Bertz CT molecular complexity index is 509. The van der Waals surface area contributed by atoms with Crippen molar-refractivity contribution >= 4 is 28.2 Å². The first kappa shape index (κ1) is 13.7. The number of nitrogens with zero attached hydrogens (tertiary/aromatic N) is 3. The highest BCUT2D eigenvalue weighted by molar-refractivity contribution is 7.18. The second-order valence-electron chi connectivity index (χ2n) is 6.05. The summed E-state index contributed by atoms with van der Waals surface area (Å²) < 4.78 is 0. The predicted molar refractivity (Wildman–Crippen MR) is 82.3 cm³/mol. The first-order chi connectivity index (χ1) is 9.56. The average Bonchev–Trinajstić information content (AvgIpc) is 3.08. The van der Waals surface area contributed by atoms with E-state index in [1.165, 1.54) is 24.2 Å². The fourth-order valence-electron chi connectivity index (χ4n) is 3.23. The molecule has 2 atom stereocenters. The van der Waals surface area contributed by atoms with Crippen LogP contribution in [0.15, 0.2) is 0 Å². The third-order valence-electron chi connectivity index (χ3n) is 4.26. The molecule has 2 saturated heterocycles. The Kier molecular flexibility index (Phi) is 3.58. The van der Waals surface area contributed by atoms with E-state index < -0.39 is 0 Å². The van der Waals surface area contributed by atoms with E-state index in [9.17, 15) is 4.79 Å². The van der Waals surface area contributed by atoms with Crippen LogP contribution in [0, 0.1) is 5.92 Å². The molecule has 2 N–H and O–H groups in total. The molecule has 0 radical (unpaired) electrons. The van der Waals surface area contributed by atoms with Crippen LogP contribution in [-0.2, 0) is 0 Å². The summed E-state index contributed by atoms with van der Waals surface area (Å²) in [6.07, 6.45) is 3.47. The number of anilines is 2. The molecule has 2 fully saturated rings. The number of thiazole rings is 1. The first-order valence-electron chi connectivity index (χ1n) is 7.38. The van der Waals surface area contributed by atoms with Crippen molar-refractivity contribution in [3.8, 4) is 0 Å². The molecule has 1 amide bonds. The molecule has 0 spiro atoms. The highest BCUT2D eigenvalue weighted by atomic mass is 32.1. The van der Waals surface area contributed by atoms with Gasteiger partial charge >= 0.3 is 0 Å². The number of hydrogen-bond donors (Lipinski definition) is 1. The lowest BCUT2D eigenvalue weighted by atomic mass is 10.1. The SMILES string of the molecule is CC1CC(C)N(C(=O)c2sc(N3CCCC3)nc2N)C1. The van der Waals surface area contributed by atoms with Gasteiger partial charge in [-0.1, -0.05) is 18.3 Å². The predicted octanol–water partition coefficient (Wildman–Crippen LogP) is 2.20. The fraction of sp³-hybridized carbons (Fsp3) is 0.714. The number of hydrogen-bond acceptors (Lipinski definition) is 5. The normalized spacial score (nSPS) is 26.5. The van der Waals surface area contributed by atoms with E-state index in [1.54, 1.807) is 0 Å². The molecule has 0 aliphatic carbocycles. The second kappa shape index (κ2) is 5.24. The molecule has 0 aromatic carbocycles. The van der Waals surface area contributed by atoms with Crippen molar-refractivity contribution in [1.82, 2.24) is 9.88 Å². The molecule has 1 aromatic rings. The molecular weight excluding hydrogens is 272 g/mol. The van der Waals surface area contributed by atoms with Crippen molar-refractivity contribution in [1.29, 1.82) is 0 Å². The minimum absolute atomic E-state index is 0.0577. The Balaban J connectivity index is 1.81. The molecule has 0 bridgehead atoms. The summed E-state index contributed by atoms with van der Waals surface area (Å²) in [4.78, 5) is 21.8. The van der Waals surface area contributed by atoms with Gasteiger partial charge in [0.2, 0.25) is 0 Å². The summed E-state index contributed by atoms with van der Waals surface area (Å²) in [6, 6.07) is 0.300. The molecule has 110 valence electrons. The van der Waals surface area contributed by atoms with Crippen molar-refractivity contribution in [2.75, 3.05) is 30.3 Å². The smallest absolute Gasteiger partial charge is 0.268 e. The Morgan fingerprint density at radius 3 is 2.65 bits per heavy atom. The second-order valence-corrected chi connectivity index (χ2v) is 7.03. The largest absolute Gasteiger partial charge is 0.382 e. The van der Waals surface area contributed by atoms with Gasteiger partial charge in [-0.15, -0.1) is 0 Å². The van der Waals surface area contributed by atoms with Gasteiger partial charge in [0.05, 0.1) is 0 Å². The van der Waals surface area contributed by atoms with Gasteiger partial charge in [-0.2, -0.15) is 0 Å². The summed E-state index contributed by atoms with van der Waals surface area (Å²) in [6.45, 7) is 7.18. The highest BCUT2D eigenvalue weighted by Crippen LogP contribution is 2.33. The van der Waals surface area contributed by atoms with Crippen LogP contribution in [0.3, 0.4) is 0 Å². The van der Waals surface area contributed by atoms with E-state index in [-0.39, 0.29) is 5.91 Å². The standard InChI is InChI=1S/C14H22N4OS/c1-9-7-10(2)18(8-9)13(19)11-12(15)16-14(20-11)17-5-3-4-6-17/h9-10H,3-8,15H2,1-2H3. The van der Waals surface area contributed by atoms with Gasteiger partial charge in [-0.25, -0.2) is 4.98 Å². The van der Waals surface area contributed by atoms with E-state index in [4.69, 9.17) is 5.73 Å². The minimum Gasteiger partial charge on any atom is -0.382 e. The topological polar surface area (TPSA) is 62.5 Å². The number of rotatable bonds is 2. The van der Waals surface area contributed by atoms with E-state index in [0.29, 0.717) is 22.7 Å². The molecular formula is C14H22N4OS. The van der Waals surface area contributed by atoms with E-state index in [0.717, 1.165) is 31.2 Å². The lowest BCUT2D eigenvalue weighted by Gasteiger charge is -2.20. The summed E-state index contributed by atoms with van der Waals surface area (Å²) in [5.41, 5.74) is 5.98. The summed E-state index contributed by atoms with van der Waals surface area (Å²) in [5.74, 6) is 1.03. The maximum Gasteiger partial charge on any atom is 0.268 e. The van der Waals surface area contributed by atoms with Gasteiger partial charge < -0.3 is 15.5 Å². The van der Waals surface area contributed by atoms with Crippen LogP contribution < -0.4 is 10.6 Å². The lowest BCUT2D eigenvalue weighted by Crippen LogP contribution is -2.33. The molecule has 2 unspecified atom stereocenters. The van der Waals surface area contributed by atoms with E-state index >= 15 is 0 Å². The van der Waals surface area contributed by atoms with Crippen LogP contribution in [0.2, 0.25) is 0 Å². The van der Waals surface area contributed by atoms with Gasteiger partial charge in [0.15, 0.2) is 5.13 Å². The molecule has 2 aliphatic rings. The number of carbonyl (C=O) groups is 1. The Hall–Kier alpha value is -1.30. The molecule has 5 nitrogen and oxygen atoms in total. The zero-order chi connectivity index (χ0) is 14.3. The zero-order valence-electron chi connectivity index (χ0n) is 12.1. The monoisotopic (exact) mass is 294 g/mol. The van der Waals surface area contributed by atoms with Crippen molar-refractivity contribution < 1.29 is 4.79 Å². The van der Waals surface area contributed by atoms with Crippen LogP contribution in [-0.4, -0.2) is 41.5 Å². The van der Waals surface area contributed by atoms with Gasteiger partial charge in [0, 0.05) is 25.7 Å². The Morgan fingerprint density at radius 1 is 1.35 bits per heavy atom. The van der Waals surface area contributed by atoms with Crippen LogP contribution in [0.5, 0.6) is 0 Å². The van der Waals surface area contributed by atoms with Gasteiger partial charge in [-0.3, -0.25) is 4.79 Å². The first-order valence-corrected chi connectivity index (χ1v) is 8.20. The third kappa shape index (κ3) is 2.37. The molecule has 3 rings (SSSR count). The van der Waals surface area contributed by atoms with Gasteiger partial charge in [0.25, 0.3) is 5.91 Å². The fourth-order valence-corrected chi connectivity index (χ4v) is 4.22. The zero-order valence-corrected chi connectivity index (χ0v) is 12.9. The Morgan fingerprint density at radius 2 is 2.05 bits per heavy atom. The molecule has 20 heavy (non-hydrogen) atoms.